The maximum atomic E-state index is 13.8. The van der Waals surface area contributed by atoms with Crippen molar-refractivity contribution >= 4 is 23.2 Å². The van der Waals surface area contributed by atoms with E-state index in [4.69, 9.17) is 5.73 Å². The second kappa shape index (κ2) is 8.74. The number of benzene rings is 1. The summed E-state index contributed by atoms with van der Waals surface area (Å²) in [7, 11) is 0. The number of carbonyl (C=O) groups excluding carboxylic acids is 2. The molecule has 0 unspecified atom stereocenters. The number of halogens is 3. The van der Waals surface area contributed by atoms with Gasteiger partial charge in [-0.1, -0.05) is 6.07 Å². The molecular weight excluding hydrogens is 391 g/mol. The minimum atomic E-state index is -1.28. The van der Waals surface area contributed by atoms with Crippen molar-refractivity contribution in [3.63, 3.8) is 0 Å². The molecule has 0 spiro atoms. The van der Waals surface area contributed by atoms with Crippen LogP contribution in [-0.4, -0.2) is 41.0 Å². The lowest BCUT2D eigenvalue weighted by Gasteiger charge is -2.38. The molecule has 1 aliphatic rings. The van der Waals surface area contributed by atoms with Crippen LogP contribution >= 0.6 is 11.3 Å². The summed E-state index contributed by atoms with van der Waals surface area (Å²) >= 11 is 1.30. The van der Waals surface area contributed by atoms with Gasteiger partial charge in [-0.05, 0) is 42.3 Å². The molecule has 5 nitrogen and oxygen atoms in total. The standard InChI is InChI=1S/C19H20F3N3O2S/c20-14-11-16(22)15(21)9-12(14)8-13(23)10-18(26)24-5-1-2-6-25(24)19(27)17-4-3-7-28-17/h3-4,7,9,11,13H,1-2,5-6,8,10,23H2/t13-/m1/s1. The van der Waals surface area contributed by atoms with Gasteiger partial charge in [0.15, 0.2) is 11.6 Å². The summed E-state index contributed by atoms with van der Waals surface area (Å²) in [5, 5.41) is 4.59. The van der Waals surface area contributed by atoms with E-state index in [-0.39, 0.29) is 30.2 Å². The monoisotopic (exact) mass is 411 g/mol. The third-order valence-electron chi connectivity index (χ3n) is 4.54. The Kier molecular flexibility index (Phi) is 6.35. The Hall–Kier alpha value is -2.39. The van der Waals surface area contributed by atoms with Gasteiger partial charge >= 0.3 is 0 Å². The summed E-state index contributed by atoms with van der Waals surface area (Å²) in [4.78, 5) is 25.9. The fourth-order valence-electron chi connectivity index (χ4n) is 3.17. The molecule has 0 bridgehead atoms. The third-order valence-corrected chi connectivity index (χ3v) is 5.40. The van der Waals surface area contributed by atoms with Gasteiger partial charge in [0.1, 0.15) is 5.82 Å². The molecule has 1 saturated heterocycles. The molecular formula is C19H20F3N3O2S. The predicted octanol–water partition coefficient (Wildman–Crippen LogP) is 3.11. The predicted molar refractivity (Wildman–Crippen MR) is 98.9 cm³/mol. The van der Waals surface area contributed by atoms with E-state index in [1.54, 1.807) is 17.5 Å². The summed E-state index contributed by atoms with van der Waals surface area (Å²) in [5.41, 5.74) is 5.86. The average Bonchev–Trinajstić information content (AvgIpc) is 3.20. The molecule has 1 aromatic heterocycles. The lowest BCUT2D eigenvalue weighted by atomic mass is 10.0. The number of hydrogen-bond acceptors (Lipinski definition) is 4. The van der Waals surface area contributed by atoms with Crippen molar-refractivity contribution in [1.82, 2.24) is 10.0 Å². The van der Waals surface area contributed by atoms with Crippen LogP contribution in [0.15, 0.2) is 29.6 Å². The molecule has 2 N–H and O–H groups in total. The van der Waals surface area contributed by atoms with Crippen molar-refractivity contribution in [2.24, 2.45) is 5.73 Å². The number of carbonyl (C=O) groups is 2. The molecule has 0 saturated carbocycles. The Bertz CT molecular complexity index is 860. The van der Waals surface area contributed by atoms with E-state index >= 15 is 0 Å². The highest BCUT2D eigenvalue weighted by Gasteiger charge is 2.30. The molecule has 28 heavy (non-hydrogen) atoms. The first-order chi connectivity index (χ1) is 13.4. The van der Waals surface area contributed by atoms with Gasteiger partial charge in [-0.15, -0.1) is 11.3 Å². The van der Waals surface area contributed by atoms with Gasteiger partial charge in [0, 0.05) is 31.6 Å². The molecule has 150 valence electrons. The van der Waals surface area contributed by atoms with E-state index in [1.165, 1.54) is 21.4 Å². The van der Waals surface area contributed by atoms with Gasteiger partial charge in [-0.2, -0.15) is 0 Å². The van der Waals surface area contributed by atoms with Gasteiger partial charge < -0.3 is 5.73 Å². The Balaban J connectivity index is 1.66. The zero-order valence-electron chi connectivity index (χ0n) is 15.0. The fraction of sp³-hybridized carbons (Fsp3) is 0.368. The topological polar surface area (TPSA) is 66.6 Å². The quantitative estimate of drug-likeness (QED) is 0.769. The SMILES string of the molecule is N[C@@H](CC(=O)N1CCCCN1C(=O)c1cccs1)Cc1cc(F)c(F)cc1F. The Morgan fingerprint density at radius 3 is 2.43 bits per heavy atom. The molecule has 3 rings (SSSR count). The number of amides is 2. The van der Waals surface area contributed by atoms with E-state index in [1.807, 2.05) is 0 Å². The summed E-state index contributed by atoms with van der Waals surface area (Å²) in [6.45, 7) is 0.817. The molecule has 0 radical (unpaired) electrons. The van der Waals surface area contributed by atoms with E-state index in [2.05, 4.69) is 0 Å². The molecule has 2 heterocycles. The third kappa shape index (κ3) is 4.53. The number of rotatable bonds is 5. The Labute approximate surface area is 164 Å². The largest absolute Gasteiger partial charge is 0.327 e. The maximum absolute atomic E-state index is 13.8. The lowest BCUT2D eigenvalue weighted by Crippen LogP contribution is -2.54. The van der Waals surface area contributed by atoms with Crippen LogP contribution in [0.25, 0.3) is 0 Å². The summed E-state index contributed by atoms with van der Waals surface area (Å²) in [5.74, 6) is -3.96. The van der Waals surface area contributed by atoms with Crippen molar-refractivity contribution in [2.75, 3.05) is 13.1 Å². The first-order valence-corrected chi connectivity index (χ1v) is 9.79. The second-order valence-corrected chi connectivity index (χ2v) is 7.60. The Morgan fingerprint density at radius 1 is 1.07 bits per heavy atom. The first-order valence-electron chi connectivity index (χ1n) is 8.91. The summed E-state index contributed by atoms with van der Waals surface area (Å²) in [6.07, 6.45) is 1.27. The molecule has 1 aliphatic heterocycles. The number of thiophene rings is 1. The van der Waals surface area contributed by atoms with Crippen molar-refractivity contribution in [1.29, 1.82) is 0 Å². The van der Waals surface area contributed by atoms with Crippen LogP contribution in [0, 0.1) is 17.5 Å². The molecule has 1 fully saturated rings. The van der Waals surface area contributed by atoms with Gasteiger partial charge in [0.2, 0.25) is 5.91 Å². The Morgan fingerprint density at radius 2 is 1.75 bits per heavy atom. The van der Waals surface area contributed by atoms with Crippen LogP contribution in [0.5, 0.6) is 0 Å². The lowest BCUT2D eigenvalue weighted by molar-refractivity contribution is -0.148. The number of nitrogens with two attached hydrogens (primary N) is 1. The molecule has 1 aromatic carbocycles. The zero-order valence-corrected chi connectivity index (χ0v) is 15.9. The molecule has 1 atom stereocenters. The van der Waals surface area contributed by atoms with Crippen molar-refractivity contribution < 1.29 is 22.8 Å². The van der Waals surface area contributed by atoms with Crippen molar-refractivity contribution in [3.8, 4) is 0 Å². The van der Waals surface area contributed by atoms with Gasteiger partial charge in [0.25, 0.3) is 5.91 Å². The highest BCUT2D eigenvalue weighted by atomic mass is 32.1. The minimum Gasteiger partial charge on any atom is -0.327 e. The van der Waals surface area contributed by atoms with Gasteiger partial charge in [-0.25, -0.2) is 18.2 Å². The van der Waals surface area contributed by atoms with E-state index in [9.17, 15) is 22.8 Å². The van der Waals surface area contributed by atoms with E-state index < -0.39 is 23.5 Å². The smallest absolute Gasteiger partial charge is 0.282 e. The minimum absolute atomic E-state index is 0.0932. The van der Waals surface area contributed by atoms with Crippen LogP contribution in [0.4, 0.5) is 13.2 Å². The number of nitrogens with zero attached hydrogens (tertiary/aromatic N) is 2. The van der Waals surface area contributed by atoms with Crippen molar-refractivity contribution in [3.05, 3.63) is 57.5 Å². The van der Waals surface area contributed by atoms with Crippen LogP contribution in [-0.2, 0) is 11.2 Å². The van der Waals surface area contributed by atoms with E-state index in [0.29, 0.717) is 24.0 Å². The van der Waals surface area contributed by atoms with E-state index in [0.717, 1.165) is 18.9 Å². The van der Waals surface area contributed by atoms with Crippen LogP contribution in [0.1, 0.15) is 34.5 Å². The fourth-order valence-corrected chi connectivity index (χ4v) is 3.83. The zero-order chi connectivity index (χ0) is 20.3. The molecule has 2 aromatic rings. The maximum Gasteiger partial charge on any atom is 0.282 e. The highest BCUT2D eigenvalue weighted by molar-refractivity contribution is 7.12. The van der Waals surface area contributed by atoms with Gasteiger partial charge in [0.05, 0.1) is 4.88 Å². The van der Waals surface area contributed by atoms with Crippen LogP contribution in [0.3, 0.4) is 0 Å². The first kappa shape index (κ1) is 20.3. The van der Waals surface area contributed by atoms with Crippen LogP contribution < -0.4 is 5.73 Å². The average molecular weight is 411 g/mol. The normalized spacial score (nSPS) is 15.6. The molecule has 2 amide bonds. The van der Waals surface area contributed by atoms with Gasteiger partial charge in [-0.3, -0.25) is 14.6 Å². The summed E-state index contributed by atoms with van der Waals surface area (Å²) in [6, 6.07) is 3.88. The molecule has 0 aliphatic carbocycles. The number of hydrazine groups is 1. The highest BCUT2D eigenvalue weighted by Crippen LogP contribution is 2.20. The number of hydrogen-bond donors (Lipinski definition) is 1. The van der Waals surface area contributed by atoms with Crippen molar-refractivity contribution in [2.45, 2.75) is 31.7 Å². The summed E-state index contributed by atoms with van der Waals surface area (Å²) < 4.78 is 40.2. The molecule has 9 heteroatoms. The van der Waals surface area contributed by atoms with Crippen LogP contribution in [0.2, 0.25) is 0 Å². The second-order valence-electron chi connectivity index (χ2n) is 6.66.